The van der Waals surface area contributed by atoms with E-state index < -0.39 is 17.8 Å². The number of carbonyl (C=O) groups excluding carboxylic acids is 3. The third kappa shape index (κ3) is 3.64. The van der Waals surface area contributed by atoms with E-state index >= 15 is 0 Å². The van der Waals surface area contributed by atoms with Crippen molar-refractivity contribution in [1.29, 1.82) is 0 Å². The summed E-state index contributed by atoms with van der Waals surface area (Å²) >= 11 is 3.44. The Kier molecular flexibility index (Phi) is 4.90. The molecule has 3 aromatic rings. The molecular weight excluding hydrogens is 434 g/mol. The Bertz CT molecular complexity index is 1180. The fourth-order valence-corrected chi connectivity index (χ4v) is 3.57. The van der Waals surface area contributed by atoms with Crippen molar-refractivity contribution in [2.75, 3.05) is 4.90 Å². The number of hydrogen-bond acceptors (Lipinski definition) is 3. The van der Waals surface area contributed by atoms with Gasteiger partial charge in [-0.05, 0) is 61.0 Å². The lowest BCUT2D eigenvalue weighted by atomic mass is 10.1. The molecule has 0 bridgehead atoms. The molecule has 1 fully saturated rings. The van der Waals surface area contributed by atoms with Crippen LogP contribution in [0.2, 0.25) is 0 Å². The molecule has 1 aromatic heterocycles. The van der Waals surface area contributed by atoms with Crippen LogP contribution in [-0.2, 0) is 9.59 Å². The molecular formula is C22H16BrN3O3. The monoisotopic (exact) mass is 449 g/mol. The fraction of sp³-hybridized carbons (Fsp3) is 0.0455. The number of hydrogen-bond donors (Lipinski definition) is 1. The minimum absolute atomic E-state index is 0.110. The van der Waals surface area contributed by atoms with E-state index in [2.05, 4.69) is 21.2 Å². The first-order chi connectivity index (χ1) is 13.9. The Labute approximate surface area is 175 Å². The second kappa shape index (κ2) is 7.52. The van der Waals surface area contributed by atoms with E-state index in [9.17, 15) is 14.4 Å². The first-order valence-electron chi connectivity index (χ1n) is 8.85. The predicted molar refractivity (Wildman–Crippen MR) is 114 cm³/mol. The van der Waals surface area contributed by atoms with Crippen molar-refractivity contribution in [3.63, 3.8) is 0 Å². The molecule has 1 N–H and O–H groups in total. The number of imide groups is 2. The molecule has 1 aliphatic rings. The second-order valence-corrected chi connectivity index (χ2v) is 7.50. The molecule has 1 saturated heterocycles. The number of halogens is 1. The lowest BCUT2D eigenvalue weighted by molar-refractivity contribution is -0.122. The smallest absolute Gasteiger partial charge is 0.317 e. The maximum absolute atomic E-state index is 13.0. The van der Waals surface area contributed by atoms with Gasteiger partial charge in [-0.1, -0.05) is 34.1 Å². The highest BCUT2D eigenvalue weighted by Gasteiger charge is 2.37. The van der Waals surface area contributed by atoms with Crippen LogP contribution in [0.4, 0.5) is 10.5 Å². The largest absolute Gasteiger partial charge is 0.335 e. The average molecular weight is 450 g/mol. The van der Waals surface area contributed by atoms with Crippen LogP contribution in [0.25, 0.3) is 11.8 Å². The summed E-state index contributed by atoms with van der Waals surface area (Å²) < 4.78 is 2.76. The number of nitrogens with one attached hydrogen (secondary N) is 1. The standard InChI is InChI=1S/C22H16BrN3O3/c1-14-5-2-8-18(11-14)26-21(28)19(20(27)24-22(26)29)13-17-9-4-10-25(17)16-7-3-6-15(23)12-16/h2-13H,1H3,(H,24,27,29)/b19-13+. The van der Waals surface area contributed by atoms with E-state index in [-0.39, 0.29) is 5.57 Å². The lowest BCUT2D eigenvalue weighted by Crippen LogP contribution is -2.54. The molecule has 0 aliphatic carbocycles. The Morgan fingerprint density at radius 3 is 2.45 bits per heavy atom. The molecule has 29 heavy (non-hydrogen) atoms. The summed E-state index contributed by atoms with van der Waals surface area (Å²) in [6.45, 7) is 1.86. The van der Waals surface area contributed by atoms with Crippen LogP contribution in [0.1, 0.15) is 11.3 Å². The Balaban J connectivity index is 1.76. The number of amides is 4. The predicted octanol–water partition coefficient (Wildman–Crippen LogP) is 4.21. The van der Waals surface area contributed by atoms with Gasteiger partial charge in [0.1, 0.15) is 5.57 Å². The van der Waals surface area contributed by atoms with Crippen LogP contribution in [0.3, 0.4) is 0 Å². The molecule has 4 rings (SSSR count). The molecule has 2 aromatic carbocycles. The van der Waals surface area contributed by atoms with Crippen LogP contribution in [-0.4, -0.2) is 22.4 Å². The maximum Gasteiger partial charge on any atom is 0.335 e. The average Bonchev–Trinajstić information content (AvgIpc) is 3.13. The molecule has 0 saturated carbocycles. The first-order valence-corrected chi connectivity index (χ1v) is 9.65. The van der Waals surface area contributed by atoms with Crippen LogP contribution in [0, 0.1) is 6.92 Å². The van der Waals surface area contributed by atoms with E-state index in [1.54, 1.807) is 24.3 Å². The van der Waals surface area contributed by atoms with Crippen LogP contribution in [0.5, 0.6) is 0 Å². The number of rotatable bonds is 3. The van der Waals surface area contributed by atoms with Crippen molar-refractivity contribution < 1.29 is 14.4 Å². The molecule has 144 valence electrons. The maximum atomic E-state index is 13.0. The molecule has 1 aliphatic heterocycles. The first kappa shape index (κ1) is 18.9. The van der Waals surface area contributed by atoms with Gasteiger partial charge >= 0.3 is 6.03 Å². The summed E-state index contributed by atoms with van der Waals surface area (Å²) in [5.74, 6) is -1.38. The Morgan fingerprint density at radius 1 is 0.931 bits per heavy atom. The van der Waals surface area contributed by atoms with Crippen molar-refractivity contribution in [2.24, 2.45) is 0 Å². The number of nitrogens with zero attached hydrogens (tertiary/aromatic N) is 2. The minimum atomic E-state index is -0.759. The van der Waals surface area contributed by atoms with E-state index in [1.807, 2.05) is 54.1 Å². The van der Waals surface area contributed by atoms with E-state index in [1.165, 1.54) is 6.08 Å². The molecule has 0 radical (unpaired) electrons. The number of barbiturate groups is 1. The van der Waals surface area contributed by atoms with Crippen LogP contribution >= 0.6 is 15.9 Å². The van der Waals surface area contributed by atoms with Gasteiger partial charge in [0.05, 0.1) is 5.69 Å². The summed E-state index contributed by atoms with van der Waals surface area (Å²) in [4.78, 5) is 38.8. The molecule has 4 amide bonds. The molecule has 0 unspecified atom stereocenters. The summed E-state index contributed by atoms with van der Waals surface area (Å²) in [6.07, 6.45) is 3.33. The van der Waals surface area contributed by atoms with Crippen molar-refractivity contribution in [2.45, 2.75) is 6.92 Å². The summed E-state index contributed by atoms with van der Waals surface area (Å²) in [6, 6.07) is 17.5. The van der Waals surface area contributed by atoms with E-state index in [4.69, 9.17) is 0 Å². The van der Waals surface area contributed by atoms with Crippen LogP contribution in [0.15, 0.2) is 76.9 Å². The van der Waals surface area contributed by atoms with Gasteiger partial charge in [0.2, 0.25) is 0 Å². The van der Waals surface area contributed by atoms with Gasteiger partial charge in [-0.2, -0.15) is 0 Å². The van der Waals surface area contributed by atoms with Crippen LogP contribution < -0.4 is 10.2 Å². The summed E-state index contributed by atoms with van der Waals surface area (Å²) in [5.41, 5.74) is 2.70. The van der Waals surface area contributed by atoms with Gasteiger partial charge in [0.15, 0.2) is 0 Å². The van der Waals surface area contributed by atoms with Crippen molar-refractivity contribution >= 4 is 45.5 Å². The zero-order valence-corrected chi connectivity index (χ0v) is 17.0. The molecule has 2 heterocycles. The third-order valence-corrected chi connectivity index (χ3v) is 5.01. The number of anilines is 1. The second-order valence-electron chi connectivity index (χ2n) is 6.58. The number of carbonyl (C=O) groups is 3. The topological polar surface area (TPSA) is 71.4 Å². The highest BCUT2D eigenvalue weighted by atomic mass is 79.9. The van der Waals surface area contributed by atoms with E-state index in [0.29, 0.717) is 11.4 Å². The normalized spacial score (nSPS) is 15.7. The third-order valence-electron chi connectivity index (χ3n) is 4.52. The highest BCUT2D eigenvalue weighted by molar-refractivity contribution is 9.10. The zero-order chi connectivity index (χ0) is 20.5. The fourth-order valence-electron chi connectivity index (χ4n) is 3.18. The summed E-state index contributed by atoms with van der Waals surface area (Å²) in [5, 5.41) is 2.25. The molecule has 7 heteroatoms. The van der Waals surface area contributed by atoms with E-state index in [0.717, 1.165) is 20.6 Å². The number of aromatic nitrogens is 1. The molecule has 0 spiro atoms. The summed E-state index contributed by atoms with van der Waals surface area (Å²) in [7, 11) is 0. The number of aryl methyl sites for hydroxylation is 1. The van der Waals surface area contributed by atoms with Crippen molar-refractivity contribution in [3.05, 3.63) is 88.2 Å². The zero-order valence-electron chi connectivity index (χ0n) is 15.4. The van der Waals surface area contributed by atoms with Gasteiger partial charge in [-0.25, -0.2) is 9.69 Å². The highest BCUT2D eigenvalue weighted by Crippen LogP contribution is 2.24. The quantitative estimate of drug-likeness (QED) is 0.480. The lowest BCUT2D eigenvalue weighted by Gasteiger charge is -2.26. The van der Waals surface area contributed by atoms with Crippen molar-refractivity contribution in [3.8, 4) is 5.69 Å². The number of urea groups is 1. The Morgan fingerprint density at radius 2 is 1.69 bits per heavy atom. The number of benzene rings is 2. The van der Waals surface area contributed by atoms with Gasteiger partial charge in [-0.3, -0.25) is 14.9 Å². The molecule has 6 nitrogen and oxygen atoms in total. The van der Waals surface area contributed by atoms with Gasteiger partial charge in [0.25, 0.3) is 11.8 Å². The minimum Gasteiger partial charge on any atom is -0.317 e. The SMILES string of the molecule is Cc1cccc(N2C(=O)NC(=O)/C(=C\c3cccn3-c3cccc(Br)c3)C2=O)c1. The van der Waals surface area contributed by atoms with Crippen molar-refractivity contribution in [1.82, 2.24) is 9.88 Å². The van der Waals surface area contributed by atoms with Gasteiger partial charge in [-0.15, -0.1) is 0 Å². The van der Waals surface area contributed by atoms with Gasteiger partial charge < -0.3 is 4.57 Å². The molecule has 0 atom stereocenters. The van der Waals surface area contributed by atoms with Gasteiger partial charge in [0, 0.05) is 22.1 Å². The Hall–Kier alpha value is -3.45.